The Balaban J connectivity index is 0. The number of aliphatic hydroxyl groups is 2. The minimum Gasteiger partial charge on any atom is -0.438 e. The van der Waals surface area contributed by atoms with Crippen LogP contribution in [0.25, 0.3) is 0 Å². The SMILES string of the molecule is CCCC.O=C(CC(=O)OCO)OCO. The monoisotopic (exact) mass is 222 g/mol. The van der Waals surface area contributed by atoms with Crippen molar-refractivity contribution in [1.82, 2.24) is 0 Å². The van der Waals surface area contributed by atoms with Gasteiger partial charge in [-0.1, -0.05) is 26.7 Å². The fourth-order valence-electron chi connectivity index (χ4n) is 0.364. The highest BCUT2D eigenvalue weighted by Crippen LogP contribution is 1.88. The minimum absolute atomic E-state index is 0.610. The van der Waals surface area contributed by atoms with Crippen LogP contribution in [0.1, 0.15) is 33.1 Å². The largest absolute Gasteiger partial charge is 0.438 e. The van der Waals surface area contributed by atoms with E-state index in [1.165, 1.54) is 12.8 Å². The second kappa shape index (κ2) is 12.9. The molecule has 0 spiro atoms. The van der Waals surface area contributed by atoms with Gasteiger partial charge in [0, 0.05) is 0 Å². The maximum Gasteiger partial charge on any atom is 0.319 e. The van der Waals surface area contributed by atoms with E-state index in [-0.39, 0.29) is 0 Å². The van der Waals surface area contributed by atoms with Crippen LogP contribution in [0.15, 0.2) is 0 Å². The smallest absolute Gasteiger partial charge is 0.319 e. The van der Waals surface area contributed by atoms with Crippen molar-refractivity contribution in [2.75, 3.05) is 13.6 Å². The van der Waals surface area contributed by atoms with E-state index in [9.17, 15) is 9.59 Å². The standard InChI is InChI=1S/C5H8O6.C4H10/c6-2-10-4(8)1-5(9)11-3-7;1-3-4-2/h6-7H,1-3H2;3-4H2,1-2H3. The first-order chi connectivity index (χ1) is 7.12. The third-order valence-electron chi connectivity index (χ3n) is 1.24. The summed E-state index contributed by atoms with van der Waals surface area (Å²) in [5.74, 6) is -1.79. The lowest BCUT2D eigenvalue weighted by molar-refractivity contribution is -0.162. The summed E-state index contributed by atoms with van der Waals surface area (Å²) in [4.78, 5) is 20.7. The molecule has 0 saturated heterocycles. The number of unbranched alkanes of at least 4 members (excludes halogenated alkanes) is 1. The van der Waals surface area contributed by atoms with Gasteiger partial charge in [0.1, 0.15) is 6.42 Å². The van der Waals surface area contributed by atoms with Gasteiger partial charge in [-0.05, 0) is 0 Å². The minimum atomic E-state index is -0.897. The van der Waals surface area contributed by atoms with Gasteiger partial charge in [0.2, 0.25) is 0 Å². The number of rotatable bonds is 5. The molecule has 0 aliphatic carbocycles. The number of carbonyl (C=O) groups excluding carboxylic acids is 2. The lowest BCUT2D eigenvalue weighted by Crippen LogP contribution is -2.14. The Morgan fingerprint density at radius 2 is 1.27 bits per heavy atom. The van der Waals surface area contributed by atoms with E-state index in [1.807, 2.05) is 0 Å². The van der Waals surface area contributed by atoms with Crippen LogP contribution in [0.2, 0.25) is 0 Å². The molecular formula is C9H18O6. The van der Waals surface area contributed by atoms with Gasteiger partial charge in [-0.15, -0.1) is 0 Å². The van der Waals surface area contributed by atoms with Crippen molar-refractivity contribution in [2.24, 2.45) is 0 Å². The lowest BCUT2D eigenvalue weighted by Gasteiger charge is -1.99. The number of ether oxygens (including phenoxy) is 2. The Bertz CT molecular complexity index is 150. The van der Waals surface area contributed by atoms with Crippen molar-refractivity contribution >= 4 is 11.9 Å². The van der Waals surface area contributed by atoms with Crippen LogP contribution < -0.4 is 0 Å². The van der Waals surface area contributed by atoms with Crippen LogP contribution in [-0.4, -0.2) is 35.7 Å². The summed E-state index contributed by atoms with van der Waals surface area (Å²) in [6.07, 6.45) is 2.03. The Kier molecular flexibility index (Phi) is 14.0. The second-order valence-corrected chi connectivity index (χ2v) is 2.47. The summed E-state index contributed by atoms with van der Waals surface area (Å²) >= 11 is 0. The topological polar surface area (TPSA) is 93.1 Å². The molecule has 6 heteroatoms. The molecule has 0 aromatic heterocycles. The van der Waals surface area contributed by atoms with Crippen LogP contribution in [0, 0.1) is 0 Å². The van der Waals surface area contributed by atoms with Crippen molar-refractivity contribution in [3.8, 4) is 0 Å². The zero-order chi connectivity index (χ0) is 12.1. The van der Waals surface area contributed by atoms with Gasteiger partial charge in [0.25, 0.3) is 0 Å². The van der Waals surface area contributed by atoms with E-state index in [1.54, 1.807) is 0 Å². The molecule has 0 aliphatic heterocycles. The first kappa shape index (κ1) is 16.3. The average molecular weight is 222 g/mol. The molecule has 0 radical (unpaired) electrons. The first-order valence-electron chi connectivity index (χ1n) is 4.65. The van der Waals surface area contributed by atoms with E-state index >= 15 is 0 Å². The summed E-state index contributed by atoms with van der Waals surface area (Å²) in [5.41, 5.74) is 0. The van der Waals surface area contributed by atoms with Gasteiger partial charge in [0.05, 0.1) is 0 Å². The quantitative estimate of drug-likeness (QED) is 0.391. The van der Waals surface area contributed by atoms with Gasteiger partial charge in [0.15, 0.2) is 13.6 Å². The Labute approximate surface area is 88.8 Å². The molecule has 0 aliphatic rings. The highest BCUT2D eigenvalue weighted by atomic mass is 16.6. The van der Waals surface area contributed by atoms with Crippen molar-refractivity contribution < 1.29 is 29.3 Å². The third-order valence-corrected chi connectivity index (χ3v) is 1.24. The normalized spacial score (nSPS) is 8.53. The van der Waals surface area contributed by atoms with E-state index < -0.39 is 31.9 Å². The van der Waals surface area contributed by atoms with E-state index in [2.05, 4.69) is 23.3 Å². The molecule has 0 fully saturated rings. The lowest BCUT2D eigenvalue weighted by atomic mass is 10.4. The third kappa shape index (κ3) is 15.6. The fourth-order valence-corrected chi connectivity index (χ4v) is 0.364. The van der Waals surface area contributed by atoms with Crippen molar-refractivity contribution in [1.29, 1.82) is 0 Å². The number of carbonyl (C=O) groups is 2. The molecule has 2 N–H and O–H groups in total. The van der Waals surface area contributed by atoms with Crippen LogP contribution >= 0.6 is 0 Å². The molecule has 0 bridgehead atoms. The zero-order valence-electron chi connectivity index (χ0n) is 9.06. The molecule has 0 aromatic rings. The number of esters is 2. The Morgan fingerprint density at radius 1 is 0.933 bits per heavy atom. The van der Waals surface area contributed by atoms with E-state index in [4.69, 9.17) is 10.2 Å². The molecule has 0 unspecified atom stereocenters. The number of hydrogen-bond acceptors (Lipinski definition) is 6. The molecule has 6 nitrogen and oxygen atoms in total. The van der Waals surface area contributed by atoms with Gasteiger partial charge in [-0.25, -0.2) is 0 Å². The van der Waals surface area contributed by atoms with Crippen molar-refractivity contribution in [2.45, 2.75) is 33.1 Å². The summed E-state index contributed by atoms with van der Waals surface area (Å²) in [7, 11) is 0. The zero-order valence-corrected chi connectivity index (χ0v) is 9.06. The average Bonchev–Trinajstić information content (AvgIpc) is 2.18. The van der Waals surface area contributed by atoms with Gasteiger partial charge in [-0.3, -0.25) is 9.59 Å². The second-order valence-electron chi connectivity index (χ2n) is 2.47. The van der Waals surface area contributed by atoms with Crippen molar-refractivity contribution in [3.05, 3.63) is 0 Å². The molecule has 15 heavy (non-hydrogen) atoms. The highest BCUT2D eigenvalue weighted by Gasteiger charge is 2.10. The predicted octanol–water partition coefficient (Wildman–Crippen LogP) is 0.169. The number of hydrogen-bond donors (Lipinski definition) is 2. The summed E-state index contributed by atoms with van der Waals surface area (Å²) in [5, 5.41) is 16.1. The van der Waals surface area contributed by atoms with Crippen LogP contribution in [0.5, 0.6) is 0 Å². The van der Waals surface area contributed by atoms with Gasteiger partial charge >= 0.3 is 11.9 Å². The van der Waals surface area contributed by atoms with Gasteiger partial charge in [-0.2, -0.15) is 0 Å². The van der Waals surface area contributed by atoms with E-state index in [0.29, 0.717) is 0 Å². The summed E-state index contributed by atoms with van der Waals surface area (Å²) in [6.45, 7) is 2.82. The molecule has 0 rings (SSSR count). The Morgan fingerprint density at radius 3 is 1.47 bits per heavy atom. The highest BCUT2D eigenvalue weighted by molar-refractivity contribution is 5.91. The molecule has 0 amide bonds. The summed E-state index contributed by atoms with van der Waals surface area (Å²) < 4.78 is 7.99. The van der Waals surface area contributed by atoms with Crippen LogP contribution in [-0.2, 0) is 19.1 Å². The van der Waals surface area contributed by atoms with Crippen molar-refractivity contribution in [3.63, 3.8) is 0 Å². The fraction of sp³-hybridized carbons (Fsp3) is 0.778. The molecule has 0 saturated carbocycles. The van der Waals surface area contributed by atoms with Crippen LogP contribution in [0.3, 0.4) is 0 Å². The Hall–Kier alpha value is -1.14. The first-order valence-corrected chi connectivity index (χ1v) is 4.65. The maximum atomic E-state index is 10.4. The maximum absolute atomic E-state index is 10.4. The molecular weight excluding hydrogens is 204 g/mol. The molecule has 0 heterocycles. The molecule has 0 aromatic carbocycles. The molecule has 0 atom stereocenters. The van der Waals surface area contributed by atoms with E-state index in [0.717, 1.165) is 0 Å². The van der Waals surface area contributed by atoms with Gasteiger partial charge < -0.3 is 19.7 Å². The number of aliphatic hydroxyl groups excluding tert-OH is 2. The predicted molar refractivity (Wildman–Crippen MR) is 51.6 cm³/mol. The van der Waals surface area contributed by atoms with Crippen LogP contribution in [0.4, 0.5) is 0 Å². The summed E-state index contributed by atoms with van der Waals surface area (Å²) in [6, 6.07) is 0. The molecule has 90 valence electrons.